The zero-order valence-electron chi connectivity index (χ0n) is 18.8. The van der Waals surface area contributed by atoms with Gasteiger partial charge in [0, 0.05) is 6.42 Å². The molecule has 1 amide bonds. The van der Waals surface area contributed by atoms with Crippen molar-refractivity contribution in [1.82, 2.24) is 5.32 Å². The minimum atomic E-state index is -1.06. The fourth-order valence-corrected chi connectivity index (χ4v) is 3.33. The average Bonchev–Trinajstić information content (AvgIpc) is 3.25. The monoisotopic (exact) mass is 432 g/mol. The molecule has 2 aromatic rings. The summed E-state index contributed by atoms with van der Waals surface area (Å²) in [5.41, 5.74) is 1.08. The van der Waals surface area contributed by atoms with E-state index in [1.165, 1.54) is 6.92 Å². The molecule has 1 N–H and O–H groups in total. The number of carbonyl (C=O) groups excluding carboxylic acids is 2. The molecule has 0 saturated carbocycles. The van der Waals surface area contributed by atoms with E-state index in [0.29, 0.717) is 6.42 Å². The van der Waals surface area contributed by atoms with E-state index < -0.39 is 23.5 Å². The summed E-state index contributed by atoms with van der Waals surface area (Å²) in [7, 11) is 0. The van der Waals surface area contributed by atoms with Crippen LogP contribution in [0.25, 0.3) is 0 Å². The molecule has 0 spiro atoms. The molecule has 0 bridgehead atoms. The highest BCUT2D eigenvalue weighted by Gasteiger charge is 2.36. The van der Waals surface area contributed by atoms with Gasteiger partial charge in [-0.3, -0.25) is 9.80 Å². The summed E-state index contributed by atoms with van der Waals surface area (Å²) in [4.78, 5) is 25.4. The number of hydrogen-bond acceptors (Lipinski definition) is 6. The van der Waals surface area contributed by atoms with E-state index in [1.807, 2.05) is 79.5 Å². The third-order valence-corrected chi connectivity index (χ3v) is 5.77. The van der Waals surface area contributed by atoms with Crippen LogP contribution in [0.2, 0.25) is 0 Å². The maximum absolute atomic E-state index is 12.9. The first-order chi connectivity index (χ1) is 15.2. The Morgan fingerprint density at radius 2 is 1.72 bits per heavy atom. The molecule has 0 radical (unpaired) electrons. The van der Waals surface area contributed by atoms with Crippen molar-refractivity contribution in [2.24, 2.45) is 11.0 Å². The van der Waals surface area contributed by atoms with E-state index in [4.69, 9.17) is 4.74 Å². The summed E-state index contributed by atoms with van der Waals surface area (Å²) in [6.45, 7) is 6.82. The van der Waals surface area contributed by atoms with Gasteiger partial charge < -0.3 is 10.1 Å². The third-order valence-electron chi connectivity index (χ3n) is 5.77. The van der Waals surface area contributed by atoms with Gasteiger partial charge in [-0.1, -0.05) is 62.4 Å². The number of para-hydroxylation sites is 1. The summed E-state index contributed by atoms with van der Waals surface area (Å²) >= 11 is 0. The third kappa shape index (κ3) is 4.97. The fourth-order valence-electron chi connectivity index (χ4n) is 3.33. The molecule has 7 nitrogen and oxygen atoms in total. The first-order valence-electron chi connectivity index (χ1n) is 10.7. The number of nitriles is 1. The van der Waals surface area contributed by atoms with Crippen molar-refractivity contribution in [3.63, 3.8) is 0 Å². The average molecular weight is 433 g/mol. The summed E-state index contributed by atoms with van der Waals surface area (Å²) in [6, 6.07) is 21.4. The van der Waals surface area contributed by atoms with Gasteiger partial charge >= 0.3 is 5.97 Å². The standard InChI is InChI=1S/C25H28N4O3/c1-17(2)25(4,16-26)27-23(30)18(3)32-24(31)21-15-22(19-11-7-5-8-12-19)29(28-21)20-13-9-6-10-14-20/h5-14,17-18,22H,15H2,1-4H3,(H,27,30)/t18-,22+,25-/m0/s1. The lowest BCUT2D eigenvalue weighted by Gasteiger charge is -2.28. The highest BCUT2D eigenvalue weighted by molar-refractivity contribution is 6.37. The number of nitrogens with zero attached hydrogens (tertiary/aromatic N) is 3. The van der Waals surface area contributed by atoms with Crippen LogP contribution in [-0.2, 0) is 14.3 Å². The number of esters is 1. The van der Waals surface area contributed by atoms with Crippen LogP contribution >= 0.6 is 0 Å². The predicted molar refractivity (Wildman–Crippen MR) is 123 cm³/mol. The lowest BCUT2D eigenvalue weighted by atomic mass is 9.90. The lowest BCUT2D eigenvalue weighted by Crippen LogP contribution is -2.52. The van der Waals surface area contributed by atoms with Crippen molar-refractivity contribution >= 4 is 23.3 Å². The number of benzene rings is 2. The summed E-state index contributed by atoms with van der Waals surface area (Å²) < 4.78 is 5.42. The van der Waals surface area contributed by atoms with Crippen LogP contribution in [-0.4, -0.2) is 29.2 Å². The van der Waals surface area contributed by atoms with Crippen LogP contribution in [0.1, 0.15) is 45.7 Å². The fraction of sp³-hybridized carbons (Fsp3) is 0.360. The number of rotatable bonds is 7. The van der Waals surface area contributed by atoms with E-state index >= 15 is 0 Å². The molecule has 0 saturated heterocycles. The van der Waals surface area contributed by atoms with Crippen molar-refractivity contribution in [1.29, 1.82) is 5.26 Å². The second-order valence-corrected chi connectivity index (χ2v) is 8.36. The first-order valence-corrected chi connectivity index (χ1v) is 10.7. The van der Waals surface area contributed by atoms with Gasteiger partial charge in [0.2, 0.25) is 0 Å². The Hall–Kier alpha value is -3.66. The molecule has 2 aromatic carbocycles. The first kappa shape index (κ1) is 23.0. The van der Waals surface area contributed by atoms with E-state index in [1.54, 1.807) is 6.92 Å². The quantitative estimate of drug-likeness (QED) is 0.668. The summed E-state index contributed by atoms with van der Waals surface area (Å²) in [6.07, 6.45) is -0.703. The molecule has 1 aliphatic rings. The molecule has 0 unspecified atom stereocenters. The molecule has 1 heterocycles. The van der Waals surface area contributed by atoms with Gasteiger partial charge in [0.05, 0.1) is 17.8 Å². The van der Waals surface area contributed by atoms with Crippen molar-refractivity contribution in [3.05, 3.63) is 66.2 Å². The predicted octanol–water partition coefficient (Wildman–Crippen LogP) is 3.98. The summed E-state index contributed by atoms with van der Waals surface area (Å²) in [5.74, 6) is -1.27. The smallest absolute Gasteiger partial charge is 0.355 e. The maximum Gasteiger partial charge on any atom is 0.355 e. The molecule has 3 atom stereocenters. The number of nitrogens with one attached hydrogen (secondary N) is 1. The van der Waals surface area contributed by atoms with Gasteiger partial charge in [0.25, 0.3) is 5.91 Å². The molecule has 0 aromatic heterocycles. The molecular formula is C25H28N4O3. The zero-order chi connectivity index (χ0) is 23.3. The van der Waals surface area contributed by atoms with Gasteiger partial charge in [-0.25, -0.2) is 4.79 Å². The summed E-state index contributed by atoms with van der Waals surface area (Å²) in [5, 5.41) is 18.4. The second kappa shape index (κ2) is 9.65. The minimum Gasteiger partial charge on any atom is -0.448 e. The van der Waals surface area contributed by atoms with Crippen molar-refractivity contribution < 1.29 is 14.3 Å². The van der Waals surface area contributed by atoms with Crippen molar-refractivity contribution in [2.75, 3.05) is 5.01 Å². The highest BCUT2D eigenvalue weighted by atomic mass is 16.5. The number of hydrogen-bond donors (Lipinski definition) is 1. The maximum atomic E-state index is 12.9. The molecule has 0 aliphatic carbocycles. The Balaban J connectivity index is 1.76. The molecular weight excluding hydrogens is 404 g/mol. The molecule has 3 rings (SSSR count). The van der Waals surface area contributed by atoms with Crippen LogP contribution in [0.15, 0.2) is 65.8 Å². The zero-order valence-corrected chi connectivity index (χ0v) is 18.8. The highest BCUT2D eigenvalue weighted by Crippen LogP contribution is 2.35. The van der Waals surface area contributed by atoms with Gasteiger partial charge in [-0.05, 0) is 37.5 Å². The van der Waals surface area contributed by atoms with Gasteiger partial charge in [0.15, 0.2) is 6.10 Å². The van der Waals surface area contributed by atoms with E-state index in [2.05, 4.69) is 16.5 Å². The van der Waals surface area contributed by atoms with Crippen molar-refractivity contribution in [2.45, 2.75) is 51.8 Å². The Kier molecular flexibility index (Phi) is 6.94. The largest absolute Gasteiger partial charge is 0.448 e. The van der Waals surface area contributed by atoms with E-state index in [9.17, 15) is 14.9 Å². The minimum absolute atomic E-state index is 0.107. The van der Waals surface area contributed by atoms with Crippen molar-refractivity contribution in [3.8, 4) is 6.07 Å². The normalized spacial score (nSPS) is 18.3. The van der Waals surface area contributed by atoms with E-state index in [-0.39, 0.29) is 17.7 Å². The number of anilines is 1. The van der Waals surface area contributed by atoms with Crippen LogP contribution in [0.5, 0.6) is 0 Å². The molecule has 7 heteroatoms. The number of carbonyl (C=O) groups is 2. The number of hydrazone groups is 1. The molecule has 166 valence electrons. The Labute approximate surface area is 188 Å². The van der Waals surface area contributed by atoms with E-state index in [0.717, 1.165) is 11.3 Å². The Morgan fingerprint density at radius 3 is 2.28 bits per heavy atom. The van der Waals surface area contributed by atoms with Crippen LogP contribution in [0.3, 0.4) is 0 Å². The molecule has 0 fully saturated rings. The Bertz CT molecular complexity index is 1030. The Morgan fingerprint density at radius 1 is 1.12 bits per heavy atom. The lowest BCUT2D eigenvalue weighted by molar-refractivity contribution is -0.149. The second-order valence-electron chi connectivity index (χ2n) is 8.36. The van der Waals surface area contributed by atoms with Gasteiger partial charge in [0.1, 0.15) is 11.3 Å². The SMILES string of the molecule is CC(C)[C@](C)(C#N)NC(=O)[C@H](C)OC(=O)C1=NN(c2ccccc2)[C@@H](c2ccccc2)C1. The molecule has 1 aliphatic heterocycles. The number of ether oxygens (including phenoxy) is 1. The van der Waals surface area contributed by atoms with Gasteiger partial charge in [-0.15, -0.1) is 0 Å². The van der Waals surface area contributed by atoms with Crippen LogP contribution < -0.4 is 10.3 Å². The topological polar surface area (TPSA) is 94.8 Å². The van der Waals surface area contributed by atoms with Crippen LogP contribution in [0, 0.1) is 17.2 Å². The van der Waals surface area contributed by atoms with Gasteiger partial charge in [-0.2, -0.15) is 10.4 Å². The number of amides is 1. The molecule has 32 heavy (non-hydrogen) atoms. The van der Waals surface area contributed by atoms with Crippen LogP contribution in [0.4, 0.5) is 5.69 Å².